The molecule has 8 nitrogen and oxygen atoms in total. The Balaban J connectivity index is 1.83. The van der Waals surface area contributed by atoms with Crippen molar-refractivity contribution in [3.63, 3.8) is 0 Å². The zero-order chi connectivity index (χ0) is 20.3. The van der Waals surface area contributed by atoms with E-state index in [0.717, 1.165) is 14.7 Å². The topological polar surface area (TPSA) is 110 Å². The van der Waals surface area contributed by atoms with Gasteiger partial charge in [-0.15, -0.1) is 0 Å². The van der Waals surface area contributed by atoms with Gasteiger partial charge in [-0.3, -0.25) is 4.79 Å². The van der Waals surface area contributed by atoms with Crippen LogP contribution in [0.1, 0.15) is 18.7 Å². The Hall–Kier alpha value is -1.88. The van der Waals surface area contributed by atoms with E-state index in [-0.39, 0.29) is 30.2 Å². The first-order valence-corrected chi connectivity index (χ1v) is 11.0. The highest BCUT2D eigenvalue weighted by atomic mass is 32.2. The number of hydrogen-bond acceptors (Lipinski definition) is 7. The maximum absolute atomic E-state index is 12.5. The molecule has 0 aromatic carbocycles. The van der Waals surface area contributed by atoms with Crippen LogP contribution >= 0.6 is 23.1 Å². The first-order chi connectivity index (χ1) is 13.3. The number of fused-ring (bicyclic) bond motifs is 2. The Morgan fingerprint density at radius 2 is 2.21 bits per heavy atom. The highest BCUT2D eigenvalue weighted by Gasteiger charge is 2.59. The number of carboxylic acid groups (broad SMARTS) is 1. The number of carbonyl (C=O) groups is 2. The number of carbonyl (C=O) groups excluding carboxylic acids is 2. The van der Waals surface area contributed by atoms with Crippen LogP contribution in [0.2, 0.25) is 0 Å². The second-order valence-corrected chi connectivity index (χ2v) is 8.98. The number of thiazole rings is 1. The van der Waals surface area contributed by atoms with Gasteiger partial charge in [0, 0.05) is 11.5 Å². The standard InChI is InChI=1S/C18H21N3O5S2/c1-8-11(14(18(25)26)21-13(8)12(9(2)23)15(21)24)10-6-20-7-19(4-5-22)16(27-3)17(20)28-10/h6-9,12-13,22-23H,4-5H2,1-3H3/t8-,9+,12+,13+/m0/s1. The molecule has 0 saturated carbocycles. The minimum Gasteiger partial charge on any atom is -0.543 e. The largest absolute Gasteiger partial charge is 0.543 e. The Bertz CT molecular complexity index is 1010. The quantitative estimate of drug-likeness (QED) is 0.362. The lowest BCUT2D eigenvalue weighted by molar-refractivity contribution is -0.508. The molecule has 10 heteroatoms. The lowest BCUT2D eigenvalue weighted by atomic mass is 9.77. The molecular weight excluding hydrogens is 402 g/mol. The molecule has 2 aliphatic rings. The number of imidazole rings is 1. The minimum atomic E-state index is -1.37. The van der Waals surface area contributed by atoms with Gasteiger partial charge in [0.2, 0.25) is 15.8 Å². The van der Waals surface area contributed by atoms with Crippen molar-refractivity contribution in [3.8, 4) is 0 Å². The predicted molar refractivity (Wildman–Crippen MR) is 101 cm³/mol. The molecule has 0 unspecified atom stereocenters. The van der Waals surface area contributed by atoms with E-state index in [0.29, 0.717) is 12.1 Å². The number of hydrogen-bond donors (Lipinski definition) is 2. The minimum absolute atomic E-state index is 0.0272. The molecule has 1 fully saturated rings. The summed E-state index contributed by atoms with van der Waals surface area (Å²) in [5.74, 6) is -2.56. The van der Waals surface area contributed by atoms with Crippen molar-refractivity contribution in [2.45, 2.75) is 37.6 Å². The third-order valence-electron chi connectivity index (χ3n) is 5.57. The maximum Gasteiger partial charge on any atom is 0.250 e. The molecule has 4 heterocycles. The number of aliphatic carboxylic acids is 1. The van der Waals surface area contributed by atoms with Crippen LogP contribution < -0.4 is 9.51 Å². The molecular formula is C18H21N3O5S2. The third-order valence-corrected chi connectivity index (χ3v) is 7.66. The van der Waals surface area contributed by atoms with E-state index in [4.69, 9.17) is 0 Å². The van der Waals surface area contributed by atoms with Crippen LogP contribution in [0, 0.1) is 11.8 Å². The number of aliphatic hydroxyl groups excluding tert-OH is 2. The predicted octanol–water partition coefficient (Wildman–Crippen LogP) is -0.679. The fourth-order valence-corrected chi connectivity index (χ4v) is 6.62. The van der Waals surface area contributed by atoms with Crippen LogP contribution in [0.4, 0.5) is 0 Å². The van der Waals surface area contributed by atoms with Crippen molar-refractivity contribution in [3.05, 3.63) is 23.1 Å². The Morgan fingerprint density at radius 3 is 2.79 bits per heavy atom. The summed E-state index contributed by atoms with van der Waals surface area (Å²) in [6, 6.07) is -0.365. The van der Waals surface area contributed by atoms with Crippen molar-refractivity contribution in [2.75, 3.05) is 12.9 Å². The Morgan fingerprint density at radius 1 is 1.50 bits per heavy atom. The molecule has 1 saturated heterocycles. The molecule has 2 N–H and O–H groups in total. The van der Waals surface area contributed by atoms with Gasteiger partial charge in [0.1, 0.15) is 12.7 Å². The van der Waals surface area contributed by atoms with Gasteiger partial charge in [0.15, 0.2) is 0 Å². The van der Waals surface area contributed by atoms with Gasteiger partial charge >= 0.3 is 0 Å². The number of carboxylic acids is 1. The lowest BCUT2D eigenvalue weighted by Gasteiger charge is -2.47. The molecule has 28 heavy (non-hydrogen) atoms. The third kappa shape index (κ3) is 2.55. The summed E-state index contributed by atoms with van der Waals surface area (Å²) in [5.41, 5.74) is 0.494. The molecule has 2 aromatic heterocycles. The van der Waals surface area contributed by atoms with Gasteiger partial charge in [0.05, 0.1) is 41.2 Å². The van der Waals surface area contributed by atoms with Crippen molar-refractivity contribution < 1.29 is 29.3 Å². The summed E-state index contributed by atoms with van der Waals surface area (Å²) in [7, 11) is 0. The lowest BCUT2D eigenvalue weighted by Crippen LogP contribution is -2.64. The molecule has 4 atom stereocenters. The molecule has 2 aliphatic heterocycles. The van der Waals surface area contributed by atoms with E-state index in [9.17, 15) is 24.9 Å². The summed E-state index contributed by atoms with van der Waals surface area (Å²) in [4.78, 5) is 27.4. The summed E-state index contributed by atoms with van der Waals surface area (Å²) in [6.07, 6.45) is 4.84. The summed E-state index contributed by atoms with van der Waals surface area (Å²) in [5, 5.41) is 32.1. The Labute approximate surface area is 169 Å². The van der Waals surface area contributed by atoms with Gasteiger partial charge in [-0.1, -0.05) is 30.0 Å². The van der Waals surface area contributed by atoms with E-state index < -0.39 is 18.0 Å². The van der Waals surface area contributed by atoms with Crippen LogP contribution in [0.25, 0.3) is 10.4 Å². The van der Waals surface area contributed by atoms with Crippen molar-refractivity contribution in [1.82, 2.24) is 9.47 Å². The molecule has 0 radical (unpaired) electrons. The smallest absolute Gasteiger partial charge is 0.250 e. The number of β-lactam (4-membered cyclic amide) rings is 1. The van der Waals surface area contributed by atoms with Crippen LogP contribution in [0.15, 0.2) is 23.2 Å². The first kappa shape index (κ1) is 19.4. The van der Waals surface area contributed by atoms with Gasteiger partial charge in [-0.2, -0.15) is 4.40 Å². The second-order valence-electron chi connectivity index (χ2n) is 7.15. The molecule has 4 rings (SSSR count). The van der Waals surface area contributed by atoms with Crippen LogP contribution in [0.5, 0.6) is 0 Å². The van der Waals surface area contributed by atoms with E-state index in [1.165, 1.54) is 16.2 Å². The van der Waals surface area contributed by atoms with Gasteiger partial charge in [-0.25, -0.2) is 4.57 Å². The van der Waals surface area contributed by atoms with E-state index in [1.807, 2.05) is 34.7 Å². The zero-order valence-electron chi connectivity index (χ0n) is 15.7. The summed E-state index contributed by atoms with van der Waals surface area (Å²) >= 11 is 3.00. The number of aliphatic hydroxyl groups is 2. The number of amides is 1. The average molecular weight is 424 g/mol. The highest BCUT2D eigenvalue weighted by Crippen LogP contribution is 2.51. The van der Waals surface area contributed by atoms with Crippen LogP contribution in [-0.2, 0) is 16.1 Å². The Kier molecular flexibility index (Phi) is 4.77. The normalized spacial score (nSPS) is 25.4. The zero-order valence-corrected chi connectivity index (χ0v) is 17.3. The van der Waals surface area contributed by atoms with E-state index in [2.05, 4.69) is 0 Å². The summed E-state index contributed by atoms with van der Waals surface area (Å²) in [6.45, 7) is 3.95. The average Bonchev–Trinajstić information content (AvgIpc) is 3.22. The van der Waals surface area contributed by atoms with Gasteiger partial charge in [-0.05, 0) is 13.2 Å². The number of thioether (sulfide) groups is 1. The number of nitrogens with zero attached hydrogens (tertiary/aromatic N) is 3. The maximum atomic E-state index is 12.5. The van der Waals surface area contributed by atoms with Crippen LogP contribution in [-0.4, -0.2) is 56.6 Å². The van der Waals surface area contributed by atoms with E-state index in [1.54, 1.807) is 18.7 Å². The fraction of sp³-hybridized carbons (Fsp3) is 0.500. The van der Waals surface area contributed by atoms with Crippen molar-refractivity contribution >= 4 is 45.4 Å². The molecule has 0 bridgehead atoms. The number of aromatic nitrogens is 2. The first-order valence-electron chi connectivity index (χ1n) is 8.97. The molecule has 0 spiro atoms. The molecule has 0 aliphatic carbocycles. The molecule has 2 aromatic rings. The van der Waals surface area contributed by atoms with Crippen molar-refractivity contribution in [1.29, 1.82) is 0 Å². The second kappa shape index (κ2) is 6.87. The molecule has 1 amide bonds. The van der Waals surface area contributed by atoms with Crippen LogP contribution in [0.3, 0.4) is 0 Å². The number of rotatable bonds is 6. The van der Waals surface area contributed by atoms with Gasteiger partial charge in [0.25, 0.3) is 6.33 Å². The highest BCUT2D eigenvalue weighted by molar-refractivity contribution is 7.98. The fourth-order valence-electron chi connectivity index (χ4n) is 4.41. The van der Waals surface area contributed by atoms with Crippen molar-refractivity contribution in [2.24, 2.45) is 11.8 Å². The monoisotopic (exact) mass is 423 g/mol. The summed E-state index contributed by atoms with van der Waals surface area (Å²) < 4.78 is 3.87. The van der Waals surface area contributed by atoms with E-state index >= 15 is 0 Å². The SMILES string of the molecule is CSc1c2sc(C3=C(C(=O)[O-])N4C(=O)[C@H]([C@@H](C)O)[C@H]4[C@H]3C)c[n+]2cn1CCO. The van der Waals surface area contributed by atoms with Gasteiger partial charge < -0.3 is 25.0 Å². The molecule has 150 valence electrons.